The molecule has 0 bridgehead atoms. The van der Waals surface area contributed by atoms with Gasteiger partial charge < -0.3 is 15.4 Å². The lowest BCUT2D eigenvalue weighted by Crippen LogP contribution is -2.38. The molecule has 0 aromatic rings. The maximum absolute atomic E-state index is 5.92. The number of halogens is 1. The van der Waals surface area contributed by atoms with Crippen LogP contribution in [0.2, 0.25) is 0 Å². The molecule has 5 heteroatoms. The Hall–Kier alpha value is -0.0400. The van der Waals surface area contributed by atoms with Crippen LogP contribution in [-0.2, 0) is 4.74 Å². The zero-order valence-electron chi connectivity index (χ0n) is 11.6. The second-order valence-electron chi connectivity index (χ2n) is 5.63. The molecule has 1 saturated carbocycles. The smallest absolute Gasteiger partial charge is 0.191 e. The van der Waals surface area contributed by atoms with Crippen LogP contribution in [0.1, 0.15) is 33.6 Å². The molecule has 1 fully saturated rings. The van der Waals surface area contributed by atoms with Crippen LogP contribution in [0.3, 0.4) is 0 Å². The van der Waals surface area contributed by atoms with Crippen LogP contribution in [0.5, 0.6) is 0 Å². The van der Waals surface area contributed by atoms with E-state index in [9.17, 15) is 0 Å². The van der Waals surface area contributed by atoms with E-state index < -0.39 is 0 Å². The van der Waals surface area contributed by atoms with Crippen molar-refractivity contribution in [3.63, 3.8) is 0 Å². The Morgan fingerprint density at radius 1 is 1.47 bits per heavy atom. The third-order valence-electron chi connectivity index (χ3n) is 3.13. The first-order valence-electron chi connectivity index (χ1n) is 5.91. The number of ether oxygens (including phenoxy) is 1. The summed E-state index contributed by atoms with van der Waals surface area (Å²) >= 11 is 0. The molecule has 17 heavy (non-hydrogen) atoms. The quantitative estimate of drug-likeness (QED) is 0.477. The van der Waals surface area contributed by atoms with E-state index >= 15 is 0 Å². The lowest BCUT2D eigenvalue weighted by Gasteiger charge is -2.28. The normalized spacial score (nSPS) is 18.5. The van der Waals surface area contributed by atoms with E-state index in [1.165, 1.54) is 12.8 Å². The lowest BCUT2D eigenvalue weighted by atomic mass is 9.89. The number of rotatable bonds is 4. The molecule has 1 rings (SSSR count). The fraction of sp³-hybridized carbons (Fsp3) is 0.917. The van der Waals surface area contributed by atoms with Gasteiger partial charge in [-0.2, -0.15) is 0 Å². The van der Waals surface area contributed by atoms with Crippen LogP contribution in [0.25, 0.3) is 0 Å². The van der Waals surface area contributed by atoms with Crippen molar-refractivity contribution in [2.75, 3.05) is 20.7 Å². The molecule has 0 aliphatic heterocycles. The van der Waals surface area contributed by atoms with Gasteiger partial charge in [0.25, 0.3) is 0 Å². The Bertz CT molecular complexity index is 259. The summed E-state index contributed by atoms with van der Waals surface area (Å²) in [6.45, 7) is 7.08. The van der Waals surface area contributed by atoms with Gasteiger partial charge in [0, 0.05) is 20.2 Å². The van der Waals surface area contributed by atoms with Crippen molar-refractivity contribution in [2.45, 2.75) is 45.8 Å². The summed E-state index contributed by atoms with van der Waals surface area (Å²) in [4.78, 5) is 6.48. The van der Waals surface area contributed by atoms with E-state index in [1.54, 1.807) is 7.11 Å². The minimum Gasteiger partial charge on any atom is -0.379 e. The number of nitrogens with zero attached hydrogens (tertiary/aromatic N) is 2. The largest absolute Gasteiger partial charge is 0.379 e. The van der Waals surface area contributed by atoms with E-state index in [-0.39, 0.29) is 35.5 Å². The fourth-order valence-electron chi connectivity index (χ4n) is 1.64. The van der Waals surface area contributed by atoms with Gasteiger partial charge in [-0.05, 0) is 18.3 Å². The summed E-state index contributed by atoms with van der Waals surface area (Å²) < 4.78 is 5.44. The minimum atomic E-state index is 0. The van der Waals surface area contributed by atoms with Gasteiger partial charge in [-0.1, -0.05) is 20.8 Å². The first kappa shape index (κ1) is 17.0. The van der Waals surface area contributed by atoms with Crippen molar-refractivity contribution >= 4 is 29.9 Å². The van der Waals surface area contributed by atoms with Crippen LogP contribution >= 0.6 is 24.0 Å². The lowest BCUT2D eigenvalue weighted by molar-refractivity contribution is 0.0240. The van der Waals surface area contributed by atoms with Gasteiger partial charge >= 0.3 is 0 Å². The molecule has 0 aromatic heterocycles. The molecule has 1 aliphatic rings. The number of hydrogen-bond acceptors (Lipinski definition) is 2. The van der Waals surface area contributed by atoms with E-state index in [1.807, 2.05) is 7.05 Å². The molecular formula is C12H26IN3O. The second-order valence-corrected chi connectivity index (χ2v) is 5.63. The summed E-state index contributed by atoms with van der Waals surface area (Å²) in [5.74, 6) is 0.633. The molecular weight excluding hydrogens is 329 g/mol. The molecule has 2 N–H and O–H groups in total. The minimum absolute atomic E-state index is 0. The Morgan fingerprint density at radius 2 is 2.00 bits per heavy atom. The molecule has 0 amide bonds. The summed E-state index contributed by atoms with van der Waals surface area (Å²) in [6.07, 6.45) is 2.58. The molecule has 102 valence electrons. The second kappa shape index (κ2) is 6.78. The third kappa shape index (κ3) is 5.42. The average molecular weight is 355 g/mol. The van der Waals surface area contributed by atoms with Crippen molar-refractivity contribution in [2.24, 2.45) is 16.1 Å². The van der Waals surface area contributed by atoms with Crippen LogP contribution in [0.4, 0.5) is 0 Å². The number of hydrogen-bond donors (Lipinski definition) is 1. The molecule has 0 radical (unpaired) electrons. The van der Waals surface area contributed by atoms with Crippen molar-refractivity contribution in [1.29, 1.82) is 0 Å². The summed E-state index contributed by atoms with van der Waals surface area (Å²) in [7, 11) is 3.74. The van der Waals surface area contributed by atoms with Crippen LogP contribution in [0, 0.1) is 5.41 Å². The Balaban J connectivity index is 0.00000256. The van der Waals surface area contributed by atoms with E-state index in [4.69, 9.17) is 10.5 Å². The van der Waals surface area contributed by atoms with Crippen LogP contribution in [-0.4, -0.2) is 43.7 Å². The van der Waals surface area contributed by atoms with E-state index in [0.29, 0.717) is 18.5 Å². The van der Waals surface area contributed by atoms with Crippen molar-refractivity contribution in [1.82, 2.24) is 4.90 Å². The Labute approximate surface area is 122 Å². The highest BCUT2D eigenvalue weighted by Gasteiger charge is 2.28. The highest BCUT2D eigenvalue weighted by molar-refractivity contribution is 14.0. The highest BCUT2D eigenvalue weighted by atomic mass is 127. The van der Waals surface area contributed by atoms with Gasteiger partial charge in [-0.3, -0.25) is 4.99 Å². The number of aliphatic imine (C=N–C) groups is 1. The van der Waals surface area contributed by atoms with Crippen molar-refractivity contribution < 1.29 is 4.74 Å². The number of guanidine groups is 1. The predicted molar refractivity (Wildman–Crippen MR) is 82.9 cm³/mol. The fourth-order valence-corrected chi connectivity index (χ4v) is 1.64. The average Bonchev–Trinajstić information content (AvgIpc) is 2.98. The molecule has 1 atom stereocenters. The van der Waals surface area contributed by atoms with Crippen LogP contribution in [0.15, 0.2) is 4.99 Å². The first-order chi connectivity index (χ1) is 7.36. The van der Waals surface area contributed by atoms with Crippen LogP contribution < -0.4 is 5.73 Å². The Kier molecular flexibility index (Phi) is 6.76. The summed E-state index contributed by atoms with van der Waals surface area (Å²) in [5.41, 5.74) is 6.02. The number of methoxy groups -OCH3 is 1. The standard InChI is InChI=1S/C12H25N3O.HI/c1-12(2,3)10(16-5)8-14-11(13)15(4)9-6-7-9;/h9-10H,6-8H2,1-5H3,(H2,13,14);1H. The highest BCUT2D eigenvalue weighted by Crippen LogP contribution is 2.25. The predicted octanol–water partition coefficient (Wildman–Crippen LogP) is 2.07. The maximum Gasteiger partial charge on any atom is 0.191 e. The van der Waals surface area contributed by atoms with Crippen molar-refractivity contribution in [3.05, 3.63) is 0 Å². The number of nitrogens with two attached hydrogens (primary N) is 1. The zero-order chi connectivity index (χ0) is 12.3. The molecule has 0 spiro atoms. The molecule has 4 nitrogen and oxygen atoms in total. The van der Waals surface area contributed by atoms with E-state index in [2.05, 4.69) is 30.7 Å². The van der Waals surface area contributed by atoms with E-state index in [0.717, 1.165) is 0 Å². The molecule has 0 saturated heterocycles. The maximum atomic E-state index is 5.92. The van der Waals surface area contributed by atoms with Crippen molar-refractivity contribution in [3.8, 4) is 0 Å². The SMILES string of the molecule is COC(CN=C(N)N(C)C1CC1)C(C)(C)C.I. The first-order valence-corrected chi connectivity index (χ1v) is 5.91. The molecule has 1 aliphatic carbocycles. The Morgan fingerprint density at radius 3 is 2.35 bits per heavy atom. The summed E-state index contributed by atoms with van der Waals surface area (Å²) in [5, 5.41) is 0. The molecule has 0 heterocycles. The van der Waals surface area contributed by atoms with Gasteiger partial charge in [-0.15, -0.1) is 24.0 Å². The molecule has 0 aromatic carbocycles. The zero-order valence-corrected chi connectivity index (χ0v) is 13.9. The van der Waals surface area contributed by atoms with Gasteiger partial charge in [0.15, 0.2) is 5.96 Å². The van der Waals surface area contributed by atoms with Gasteiger partial charge in [-0.25, -0.2) is 0 Å². The summed E-state index contributed by atoms with van der Waals surface area (Å²) in [6, 6.07) is 0.611. The monoisotopic (exact) mass is 355 g/mol. The van der Waals surface area contributed by atoms with Gasteiger partial charge in [0.1, 0.15) is 0 Å². The molecule has 1 unspecified atom stereocenters. The van der Waals surface area contributed by atoms with Gasteiger partial charge in [0.05, 0.1) is 12.6 Å². The topological polar surface area (TPSA) is 50.9 Å². The third-order valence-corrected chi connectivity index (χ3v) is 3.13. The van der Waals surface area contributed by atoms with Gasteiger partial charge in [0.2, 0.25) is 0 Å².